The molecular weight excluding hydrogens is 538 g/mol. The number of rotatable bonds is 5. The first-order valence-electron chi connectivity index (χ1n) is 11.2. The second-order valence-electron chi connectivity index (χ2n) is 8.51. The number of nitrogens with two attached hydrogens (primary N) is 1. The van der Waals surface area contributed by atoms with Gasteiger partial charge in [-0.2, -0.15) is 0 Å². The number of ketones is 1. The van der Waals surface area contributed by atoms with Gasteiger partial charge in [-0.05, 0) is 59.5 Å². The normalized spacial score (nSPS) is 17.0. The van der Waals surface area contributed by atoms with E-state index in [4.69, 9.17) is 52.1 Å². The third-order valence-corrected chi connectivity index (χ3v) is 7.28. The summed E-state index contributed by atoms with van der Waals surface area (Å²) >= 11 is 24.4. The van der Waals surface area contributed by atoms with Crippen LogP contribution in [0, 0.1) is 0 Å². The summed E-state index contributed by atoms with van der Waals surface area (Å²) in [4.78, 5) is 28.4. The molecule has 1 heterocycles. The lowest BCUT2D eigenvalue weighted by Gasteiger charge is -2.32. The summed E-state index contributed by atoms with van der Waals surface area (Å²) in [6.07, 6.45) is 3.83. The van der Waals surface area contributed by atoms with Gasteiger partial charge in [0.25, 0.3) is 0 Å². The number of hydrogen-bond acceptors (Lipinski definition) is 3. The van der Waals surface area contributed by atoms with Crippen LogP contribution >= 0.6 is 46.4 Å². The molecule has 0 aliphatic carbocycles. The summed E-state index contributed by atoms with van der Waals surface area (Å²) in [6.45, 7) is 0.248. The van der Waals surface area contributed by atoms with Crippen molar-refractivity contribution in [2.45, 2.75) is 12.5 Å². The van der Waals surface area contributed by atoms with Crippen LogP contribution < -0.4 is 5.73 Å². The minimum atomic E-state index is -0.752. The molecule has 0 aromatic heterocycles. The highest BCUT2D eigenvalue weighted by molar-refractivity contribution is 6.42. The number of nitrogens with zero attached hydrogens (tertiary/aromatic N) is 1. The van der Waals surface area contributed by atoms with E-state index in [0.29, 0.717) is 48.8 Å². The van der Waals surface area contributed by atoms with Crippen LogP contribution in [0.15, 0.2) is 77.9 Å². The van der Waals surface area contributed by atoms with E-state index in [-0.39, 0.29) is 24.8 Å². The average Bonchev–Trinajstić information content (AvgIpc) is 2.86. The maximum atomic E-state index is 13.4. The predicted molar refractivity (Wildman–Crippen MR) is 149 cm³/mol. The molecule has 1 aliphatic rings. The SMILES string of the molecule is NC(Cc1ccccc1)C(=O)N1C/C(=C/c2ccc(Cl)c(Cl)c2)C(=O)/C(=C/c2ccc(Cl)c(Cl)c2)C1. The molecule has 3 aromatic rings. The Labute approximate surface area is 229 Å². The predicted octanol–water partition coefficient (Wildman–Crippen LogP) is 6.75. The molecule has 3 aromatic carbocycles. The van der Waals surface area contributed by atoms with Gasteiger partial charge in [-0.3, -0.25) is 9.59 Å². The van der Waals surface area contributed by atoms with Gasteiger partial charge in [0, 0.05) is 24.2 Å². The Kier molecular flexibility index (Phi) is 8.55. The van der Waals surface area contributed by atoms with Crippen LogP contribution in [-0.2, 0) is 16.0 Å². The van der Waals surface area contributed by atoms with E-state index < -0.39 is 6.04 Å². The van der Waals surface area contributed by atoms with Gasteiger partial charge >= 0.3 is 0 Å². The van der Waals surface area contributed by atoms with Gasteiger partial charge in [0.05, 0.1) is 26.1 Å². The van der Waals surface area contributed by atoms with E-state index in [1.54, 1.807) is 53.5 Å². The molecular formula is C28H22Cl4N2O2. The molecule has 36 heavy (non-hydrogen) atoms. The molecule has 0 saturated carbocycles. The average molecular weight is 560 g/mol. The highest BCUT2D eigenvalue weighted by atomic mass is 35.5. The highest BCUT2D eigenvalue weighted by Crippen LogP contribution is 2.28. The van der Waals surface area contributed by atoms with E-state index in [1.165, 1.54) is 0 Å². The van der Waals surface area contributed by atoms with Crippen molar-refractivity contribution in [3.05, 3.63) is 115 Å². The maximum absolute atomic E-state index is 13.4. The van der Waals surface area contributed by atoms with E-state index in [1.807, 2.05) is 30.3 Å². The number of carbonyl (C=O) groups excluding carboxylic acids is 2. The van der Waals surface area contributed by atoms with Crippen molar-refractivity contribution in [2.75, 3.05) is 13.1 Å². The lowest BCUT2D eigenvalue weighted by Crippen LogP contribution is -2.49. The number of carbonyl (C=O) groups is 2. The van der Waals surface area contributed by atoms with E-state index >= 15 is 0 Å². The van der Waals surface area contributed by atoms with Crippen LogP contribution in [0.3, 0.4) is 0 Å². The fourth-order valence-electron chi connectivity index (χ4n) is 3.99. The second kappa shape index (κ2) is 11.6. The summed E-state index contributed by atoms with van der Waals surface area (Å²) in [5.41, 5.74) is 9.54. The molecule has 1 saturated heterocycles. The minimum absolute atomic E-state index is 0.124. The summed E-state index contributed by atoms with van der Waals surface area (Å²) < 4.78 is 0. The van der Waals surface area contributed by atoms with Crippen molar-refractivity contribution >= 4 is 70.2 Å². The van der Waals surface area contributed by atoms with Crippen molar-refractivity contribution in [1.29, 1.82) is 0 Å². The van der Waals surface area contributed by atoms with Crippen molar-refractivity contribution in [3.8, 4) is 0 Å². The number of benzene rings is 3. The van der Waals surface area contributed by atoms with E-state index in [2.05, 4.69) is 0 Å². The Morgan fingerprint density at radius 2 is 1.31 bits per heavy atom. The Morgan fingerprint density at radius 3 is 1.78 bits per heavy atom. The van der Waals surface area contributed by atoms with Gasteiger partial charge in [0.15, 0.2) is 5.78 Å². The smallest absolute Gasteiger partial charge is 0.240 e. The molecule has 4 rings (SSSR count). The van der Waals surface area contributed by atoms with Gasteiger partial charge in [-0.1, -0.05) is 88.9 Å². The van der Waals surface area contributed by atoms with Gasteiger partial charge < -0.3 is 10.6 Å². The quantitative estimate of drug-likeness (QED) is 0.352. The summed E-state index contributed by atoms with van der Waals surface area (Å²) in [7, 11) is 0. The third kappa shape index (κ3) is 6.39. The molecule has 4 nitrogen and oxygen atoms in total. The van der Waals surface area contributed by atoms with Crippen LogP contribution in [0.1, 0.15) is 16.7 Å². The number of amides is 1. The zero-order valence-electron chi connectivity index (χ0n) is 19.1. The first kappa shape index (κ1) is 26.5. The Hall–Kier alpha value is -2.60. The zero-order valence-corrected chi connectivity index (χ0v) is 22.1. The summed E-state index contributed by atoms with van der Waals surface area (Å²) in [5, 5.41) is 1.58. The third-order valence-electron chi connectivity index (χ3n) is 5.80. The van der Waals surface area contributed by atoms with Gasteiger partial charge in [-0.15, -0.1) is 0 Å². The fourth-order valence-corrected chi connectivity index (χ4v) is 4.60. The van der Waals surface area contributed by atoms with Crippen LogP contribution in [0.5, 0.6) is 0 Å². The highest BCUT2D eigenvalue weighted by Gasteiger charge is 2.31. The molecule has 8 heteroatoms. The van der Waals surface area contributed by atoms with Crippen molar-refractivity contribution in [1.82, 2.24) is 4.90 Å². The molecule has 1 atom stereocenters. The Balaban J connectivity index is 1.68. The number of halogens is 4. The number of likely N-dealkylation sites (tertiary alicyclic amines) is 1. The van der Waals surface area contributed by atoms with Gasteiger partial charge in [-0.25, -0.2) is 0 Å². The Morgan fingerprint density at radius 1 is 0.806 bits per heavy atom. The topological polar surface area (TPSA) is 63.4 Å². The van der Waals surface area contributed by atoms with Crippen LogP contribution in [0.2, 0.25) is 20.1 Å². The van der Waals surface area contributed by atoms with Gasteiger partial charge in [0.1, 0.15) is 0 Å². The second-order valence-corrected chi connectivity index (χ2v) is 10.1. The van der Waals surface area contributed by atoms with Crippen LogP contribution in [0.4, 0.5) is 0 Å². The standard InChI is InChI=1S/C28H22Cl4N2O2/c29-22-8-6-18(12-24(22)31)10-20-15-34(28(36)26(33)14-17-4-2-1-3-5-17)16-21(27(20)35)11-19-7-9-23(30)25(32)13-19/h1-13,26H,14-16,33H2/b20-10-,21-11+. The monoisotopic (exact) mass is 558 g/mol. The number of hydrogen-bond donors (Lipinski definition) is 1. The lowest BCUT2D eigenvalue weighted by molar-refractivity contribution is -0.132. The van der Waals surface area contributed by atoms with Crippen molar-refractivity contribution in [2.24, 2.45) is 5.73 Å². The molecule has 1 aliphatic heterocycles. The number of Topliss-reactive ketones (excluding diaryl/α,β-unsaturated/α-hetero) is 1. The maximum Gasteiger partial charge on any atom is 0.240 e. The molecule has 2 N–H and O–H groups in total. The number of piperidine rings is 1. The van der Waals surface area contributed by atoms with Crippen LogP contribution in [-0.4, -0.2) is 35.7 Å². The molecule has 1 amide bonds. The Bertz CT molecular complexity index is 1300. The minimum Gasteiger partial charge on any atom is -0.332 e. The van der Waals surface area contributed by atoms with Crippen molar-refractivity contribution in [3.63, 3.8) is 0 Å². The molecule has 0 bridgehead atoms. The molecule has 1 unspecified atom stereocenters. The first-order valence-corrected chi connectivity index (χ1v) is 12.7. The van der Waals surface area contributed by atoms with Gasteiger partial charge in [0.2, 0.25) is 5.91 Å². The zero-order chi connectivity index (χ0) is 25.8. The molecule has 1 fully saturated rings. The van der Waals surface area contributed by atoms with E-state index in [0.717, 1.165) is 5.56 Å². The lowest BCUT2D eigenvalue weighted by atomic mass is 9.93. The fraction of sp³-hybridized carbons (Fsp3) is 0.143. The molecule has 0 radical (unpaired) electrons. The van der Waals surface area contributed by atoms with E-state index in [9.17, 15) is 9.59 Å². The summed E-state index contributed by atoms with van der Waals surface area (Å²) in [5.74, 6) is -0.417. The summed E-state index contributed by atoms with van der Waals surface area (Å²) in [6, 6.07) is 19.0. The first-order chi connectivity index (χ1) is 17.2. The largest absolute Gasteiger partial charge is 0.332 e. The van der Waals surface area contributed by atoms with Crippen LogP contribution in [0.25, 0.3) is 12.2 Å². The molecule has 184 valence electrons. The molecule has 0 spiro atoms. The van der Waals surface area contributed by atoms with Crippen molar-refractivity contribution < 1.29 is 9.59 Å².